The summed E-state index contributed by atoms with van der Waals surface area (Å²) in [6.07, 6.45) is 0. The Kier molecular flexibility index (Phi) is 2.77. The highest BCUT2D eigenvalue weighted by molar-refractivity contribution is 5.34. The van der Waals surface area contributed by atoms with E-state index in [1.54, 1.807) is 7.11 Å². The highest BCUT2D eigenvalue weighted by Crippen LogP contribution is 2.17. The molecule has 1 aromatic carbocycles. The lowest BCUT2D eigenvalue weighted by molar-refractivity contribution is 0.414. The maximum Gasteiger partial charge on any atom is 0.119 e. The van der Waals surface area contributed by atoms with Crippen molar-refractivity contribution in [3.05, 3.63) is 35.1 Å². The van der Waals surface area contributed by atoms with E-state index in [1.165, 1.54) is 0 Å². The molecule has 2 rings (SSSR count). The molecule has 0 amide bonds. The largest absolute Gasteiger partial charge is 0.497 e. The fraction of sp³-hybridized carbons (Fsp3) is 0.222. The molecule has 78 valence electrons. The quantitative estimate of drug-likeness (QED) is 0.816. The van der Waals surface area contributed by atoms with Crippen molar-refractivity contribution in [2.45, 2.75) is 6.54 Å². The van der Waals surface area contributed by atoms with Crippen LogP contribution < -0.4 is 4.74 Å². The van der Waals surface area contributed by atoms with Crippen molar-refractivity contribution >= 4 is 5.95 Å². The molecule has 0 bridgehead atoms. The van der Waals surface area contributed by atoms with Gasteiger partial charge in [0.1, 0.15) is 5.75 Å². The van der Waals surface area contributed by atoms with Gasteiger partial charge in [-0.25, -0.2) is 0 Å². The van der Waals surface area contributed by atoms with Crippen molar-refractivity contribution in [2.24, 2.45) is 0 Å². The van der Waals surface area contributed by atoms with E-state index in [1.807, 2.05) is 24.3 Å². The Morgan fingerprint density at radius 3 is 3.13 bits per heavy atom. The zero-order valence-corrected chi connectivity index (χ0v) is 8.21. The minimum absolute atomic E-state index is 0.359. The van der Waals surface area contributed by atoms with Gasteiger partial charge in [0.2, 0.25) is 0 Å². The van der Waals surface area contributed by atoms with Crippen LogP contribution in [0.1, 0.15) is 5.56 Å². The monoisotopic (exact) mass is 204 g/mol. The van der Waals surface area contributed by atoms with Crippen molar-refractivity contribution in [3.63, 3.8) is 0 Å². The van der Waals surface area contributed by atoms with Crippen LogP contribution in [0.5, 0.6) is 5.75 Å². The fourth-order valence-corrected chi connectivity index (χ4v) is 1.16. The Labute approximate surface area is 86.7 Å². The predicted molar refractivity (Wildman–Crippen MR) is 53.9 cm³/mol. The van der Waals surface area contributed by atoms with E-state index < -0.39 is 0 Å². The maximum atomic E-state index is 5.10. The molecule has 0 saturated heterocycles. The van der Waals surface area contributed by atoms with Crippen LogP contribution in [0.4, 0.5) is 5.95 Å². The van der Waals surface area contributed by atoms with Crippen molar-refractivity contribution in [2.75, 3.05) is 7.11 Å². The van der Waals surface area contributed by atoms with Gasteiger partial charge in [-0.15, -0.1) is 5.21 Å². The van der Waals surface area contributed by atoms with Gasteiger partial charge in [-0.1, -0.05) is 12.1 Å². The van der Waals surface area contributed by atoms with Gasteiger partial charge >= 0.3 is 0 Å². The summed E-state index contributed by atoms with van der Waals surface area (Å²) in [5.74, 6) is 1.17. The molecule has 0 aliphatic carbocycles. The minimum Gasteiger partial charge on any atom is -0.497 e. The molecule has 0 spiro atoms. The number of hydrogen-bond donors (Lipinski definition) is 1. The lowest BCUT2D eigenvalue weighted by atomic mass is 10.2. The third-order valence-electron chi connectivity index (χ3n) is 1.87. The number of rotatable bonds is 4. The van der Waals surface area contributed by atoms with Crippen LogP contribution in [0.3, 0.4) is 0 Å². The molecule has 0 aliphatic heterocycles. The number of aromatic amines is 1. The third kappa shape index (κ3) is 2.43. The van der Waals surface area contributed by atoms with E-state index in [9.17, 15) is 0 Å². The van der Waals surface area contributed by atoms with Crippen LogP contribution in [-0.4, -0.2) is 27.7 Å². The van der Waals surface area contributed by atoms with E-state index in [-0.39, 0.29) is 0 Å². The molecule has 15 heavy (non-hydrogen) atoms. The third-order valence-corrected chi connectivity index (χ3v) is 1.87. The molecule has 0 unspecified atom stereocenters. The standard InChI is InChI=1S/C9H10N5O/c1-15-8-4-2-3-7(5-8)6-10-9-11-13-14-12-9/h2-5H,6H2,1H3,(H-,10,11,12,13,14)/q-1. The molecular formula is C9H10N5O-. The number of nitrogens with one attached hydrogen (secondary N) is 1. The maximum absolute atomic E-state index is 5.10. The highest BCUT2D eigenvalue weighted by atomic mass is 16.5. The van der Waals surface area contributed by atoms with E-state index in [2.05, 4.69) is 25.9 Å². The van der Waals surface area contributed by atoms with Crippen LogP contribution in [0, 0.1) is 0 Å². The summed E-state index contributed by atoms with van der Waals surface area (Å²) in [5.41, 5.74) is 1.04. The van der Waals surface area contributed by atoms with Crippen molar-refractivity contribution in [1.82, 2.24) is 20.6 Å². The van der Waals surface area contributed by atoms with Gasteiger partial charge in [0.05, 0.1) is 13.1 Å². The zero-order valence-electron chi connectivity index (χ0n) is 8.21. The summed E-state index contributed by atoms with van der Waals surface area (Å²) < 4.78 is 5.10. The number of aromatic nitrogens is 4. The molecule has 0 aliphatic rings. The van der Waals surface area contributed by atoms with Crippen LogP contribution in [0.2, 0.25) is 0 Å². The van der Waals surface area contributed by atoms with Gasteiger partial charge in [0.25, 0.3) is 0 Å². The average molecular weight is 204 g/mol. The van der Waals surface area contributed by atoms with E-state index in [4.69, 9.17) is 4.74 Å². The van der Waals surface area contributed by atoms with Crippen molar-refractivity contribution < 1.29 is 4.74 Å². The number of methoxy groups -OCH3 is 1. The first-order valence-corrected chi connectivity index (χ1v) is 4.42. The highest BCUT2D eigenvalue weighted by Gasteiger charge is 1.94. The van der Waals surface area contributed by atoms with Gasteiger partial charge in [-0.2, -0.15) is 0 Å². The van der Waals surface area contributed by atoms with E-state index in [0.717, 1.165) is 11.3 Å². The van der Waals surface area contributed by atoms with Gasteiger partial charge in [0, 0.05) is 6.54 Å². The topological polar surface area (TPSA) is 77.8 Å². The second-order valence-electron chi connectivity index (χ2n) is 2.88. The molecule has 0 saturated carbocycles. The average Bonchev–Trinajstić information content (AvgIpc) is 2.79. The molecule has 0 fully saturated rings. The first kappa shape index (κ1) is 9.45. The number of benzene rings is 1. The Hall–Kier alpha value is -2.11. The number of nitrogens with zero attached hydrogens (tertiary/aromatic N) is 4. The van der Waals surface area contributed by atoms with Crippen LogP contribution in [-0.2, 0) is 6.54 Å². The molecule has 1 heterocycles. The molecule has 1 N–H and O–H groups in total. The summed E-state index contributed by atoms with van der Waals surface area (Å²) in [6, 6.07) is 7.69. The zero-order chi connectivity index (χ0) is 10.5. The number of H-pyrrole nitrogens is 1. The SMILES string of the molecule is COc1cccc(C[N-]c2nn[nH]n2)c1. The molecular weight excluding hydrogens is 194 g/mol. The Morgan fingerprint density at radius 1 is 1.47 bits per heavy atom. The van der Waals surface area contributed by atoms with Gasteiger partial charge < -0.3 is 10.1 Å². The molecule has 0 radical (unpaired) electrons. The molecule has 1 aromatic heterocycles. The first-order chi connectivity index (χ1) is 7.38. The lowest BCUT2D eigenvalue weighted by Crippen LogP contribution is -1.87. The van der Waals surface area contributed by atoms with Crippen molar-refractivity contribution in [1.29, 1.82) is 0 Å². The lowest BCUT2D eigenvalue weighted by Gasteiger charge is -2.07. The van der Waals surface area contributed by atoms with Gasteiger partial charge in [-0.3, -0.25) is 15.4 Å². The van der Waals surface area contributed by atoms with E-state index >= 15 is 0 Å². The Balaban J connectivity index is 1.98. The van der Waals surface area contributed by atoms with E-state index in [0.29, 0.717) is 12.5 Å². The van der Waals surface area contributed by atoms with Crippen LogP contribution in [0.15, 0.2) is 24.3 Å². The van der Waals surface area contributed by atoms with Crippen molar-refractivity contribution in [3.8, 4) is 5.75 Å². The molecule has 0 atom stereocenters. The van der Waals surface area contributed by atoms with Crippen LogP contribution in [0.25, 0.3) is 5.32 Å². The van der Waals surface area contributed by atoms with Crippen LogP contribution >= 0.6 is 0 Å². The number of tetrazole rings is 1. The fourth-order valence-electron chi connectivity index (χ4n) is 1.16. The Bertz CT molecular complexity index is 414. The minimum atomic E-state index is 0.359. The molecule has 6 nitrogen and oxygen atoms in total. The molecule has 2 aromatic rings. The summed E-state index contributed by atoms with van der Waals surface area (Å²) >= 11 is 0. The smallest absolute Gasteiger partial charge is 0.119 e. The second kappa shape index (κ2) is 4.41. The number of ether oxygens (including phenoxy) is 1. The number of hydrogen-bond acceptors (Lipinski definition) is 4. The first-order valence-electron chi connectivity index (χ1n) is 4.42. The predicted octanol–water partition coefficient (Wildman–Crippen LogP) is 1.41. The second-order valence-corrected chi connectivity index (χ2v) is 2.88. The Morgan fingerprint density at radius 2 is 2.40 bits per heavy atom. The van der Waals surface area contributed by atoms with Gasteiger partial charge in [0.15, 0.2) is 0 Å². The summed E-state index contributed by atoms with van der Waals surface area (Å²) in [6.45, 7) is 0.511. The normalized spacial score (nSPS) is 9.93. The summed E-state index contributed by atoms with van der Waals surface area (Å²) in [7, 11) is 1.63. The summed E-state index contributed by atoms with van der Waals surface area (Å²) in [4.78, 5) is 0. The molecule has 6 heteroatoms. The summed E-state index contributed by atoms with van der Waals surface area (Å²) in [5, 5.41) is 17.4. The van der Waals surface area contributed by atoms with Gasteiger partial charge in [-0.05, 0) is 17.7 Å².